The molecule has 7 nitrogen and oxygen atoms in total. The Bertz CT molecular complexity index is 1260. The highest BCUT2D eigenvalue weighted by molar-refractivity contribution is 5.94. The first-order valence-corrected chi connectivity index (χ1v) is 11.1. The van der Waals surface area contributed by atoms with Crippen LogP contribution in [-0.4, -0.2) is 50.4 Å². The van der Waals surface area contributed by atoms with E-state index in [2.05, 4.69) is 55.3 Å². The van der Waals surface area contributed by atoms with E-state index < -0.39 is 0 Å². The second-order valence-electron chi connectivity index (χ2n) is 8.56. The molecule has 1 atom stereocenters. The molecule has 0 spiro atoms. The van der Waals surface area contributed by atoms with E-state index in [1.165, 1.54) is 18.4 Å². The zero-order chi connectivity index (χ0) is 20.8. The summed E-state index contributed by atoms with van der Waals surface area (Å²) < 4.78 is 8.18. The minimum atomic E-state index is 0.386. The van der Waals surface area contributed by atoms with Crippen molar-refractivity contribution in [1.82, 2.24) is 24.6 Å². The number of benzene rings is 2. The minimum absolute atomic E-state index is 0.386. The zero-order valence-corrected chi connectivity index (χ0v) is 17.7. The molecular weight excluding hydrogens is 388 g/mol. The minimum Gasteiger partial charge on any atom is -0.377 e. The van der Waals surface area contributed by atoms with Crippen LogP contribution in [0.4, 0.5) is 11.5 Å². The lowest BCUT2D eigenvalue weighted by atomic mass is 10.1. The number of fused-ring (bicyclic) bond motifs is 4. The maximum atomic E-state index is 5.82. The Morgan fingerprint density at radius 2 is 2.00 bits per heavy atom. The molecule has 0 radical (unpaired) electrons. The lowest BCUT2D eigenvalue weighted by Gasteiger charge is -2.29. The molecular formula is C24H26N6O. The molecule has 158 valence electrons. The molecule has 2 aliphatic rings. The van der Waals surface area contributed by atoms with Crippen LogP contribution in [0.2, 0.25) is 0 Å². The molecule has 1 fully saturated rings. The molecule has 4 aromatic rings. The SMILES string of the molecule is Cc1nnc(Nc2ccc3c(c2)nc2n3CCN(C[C@H]3CCCO3)C2)c2ccccc12. The Morgan fingerprint density at radius 1 is 1.10 bits per heavy atom. The smallest absolute Gasteiger partial charge is 0.160 e. The zero-order valence-electron chi connectivity index (χ0n) is 17.7. The monoisotopic (exact) mass is 414 g/mol. The molecule has 1 saturated heterocycles. The number of aromatic nitrogens is 4. The van der Waals surface area contributed by atoms with E-state index in [1.807, 2.05) is 19.1 Å². The molecule has 2 aliphatic heterocycles. The van der Waals surface area contributed by atoms with Gasteiger partial charge in [0.1, 0.15) is 5.82 Å². The first kappa shape index (κ1) is 18.7. The summed E-state index contributed by atoms with van der Waals surface area (Å²) in [7, 11) is 0. The third kappa shape index (κ3) is 3.43. The van der Waals surface area contributed by atoms with Crippen molar-refractivity contribution in [3.63, 3.8) is 0 Å². The van der Waals surface area contributed by atoms with Crippen molar-refractivity contribution in [2.24, 2.45) is 0 Å². The summed E-state index contributed by atoms with van der Waals surface area (Å²) in [6.45, 7) is 6.81. The number of rotatable bonds is 4. The third-order valence-electron chi connectivity index (χ3n) is 6.45. The van der Waals surface area contributed by atoms with Crippen LogP contribution in [0.3, 0.4) is 0 Å². The maximum absolute atomic E-state index is 5.82. The molecule has 0 bridgehead atoms. The lowest BCUT2D eigenvalue weighted by molar-refractivity contribution is 0.0636. The fourth-order valence-corrected chi connectivity index (χ4v) is 4.85. The van der Waals surface area contributed by atoms with Crippen LogP contribution in [0.15, 0.2) is 42.5 Å². The fourth-order valence-electron chi connectivity index (χ4n) is 4.85. The average Bonchev–Trinajstić information content (AvgIpc) is 3.42. The van der Waals surface area contributed by atoms with Gasteiger partial charge in [0, 0.05) is 42.7 Å². The molecule has 1 N–H and O–H groups in total. The van der Waals surface area contributed by atoms with Gasteiger partial charge in [0.15, 0.2) is 5.82 Å². The fraction of sp³-hybridized carbons (Fsp3) is 0.375. The number of hydrogen-bond donors (Lipinski definition) is 1. The van der Waals surface area contributed by atoms with Crippen molar-refractivity contribution in [2.45, 2.75) is 39.0 Å². The number of ether oxygens (including phenoxy) is 1. The molecule has 0 unspecified atom stereocenters. The molecule has 0 saturated carbocycles. The second-order valence-corrected chi connectivity index (χ2v) is 8.56. The van der Waals surface area contributed by atoms with Gasteiger partial charge in [-0.05, 0) is 38.0 Å². The number of anilines is 2. The van der Waals surface area contributed by atoms with Gasteiger partial charge in [0.2, 0.25) is 0 Å². The predicted molar refractivity (Wildman–Crippen MR) is 122 cm³/mol. The van der Waals surface area contributed by atoms with Crippen LogP contribution in [0.25, 0.3) is 21.8 Å². The molecule has 6 rings (SSSR count). The summed E-state index contributed by atoms with van der Waals surface area (Å²) in [6.07, 6.45) is 2.75. The van der Waals surface area contributed by atoms with Crippen LogP contribution in [0, 0.1) is 6.92 Å². The van der Waals surface area contributed by atoms with Crippen LogP contribution in [-0.2, 0) is 17.8 Å². The van der Waals surface area contributed by atoms with Gasteiger partial charge in [-0.2, -0.15) is 5.10 Å². The summed E-state index contributed by atoms with van der Waals surface area (Å²) in [5, 5.41) is 14.4. The third-order valence-corrected chi connectivity index (χ3v) is 6.45. The van der Waals surface area contributed by atoms with E-state index in [-0.39, 0.29) is 0 Å². The van der Waals surface area contributed by atoms with E-state index >= 15 is 0 Å². The van der Waals surface area contributed by atoms with Crippen LogP contribution in [0.5, 0.6) is 0 Å². The van der Waals surface area contributed by atoms with Gasteiger partial charge in [-0.25, -0.2) is 4.98 Å². The standard InChI is InChI=1S/C24H26N6O/c1-16-19-6-2-3-7-20(19)24(28-27-16)25-17-8-9-22-21(13-17)26-23-15-29(10-11-30(22)23)14-18-5-4-12-31-18/h2-3,6-9,13,18H,4-5,10-12,14-15H2,1H3,(H,25,28)/t18-/m1/s1. The Kier molecular flexibility index (Phi) is 4.58. The molecule has 4 heterocycles. The number of hydrogen-bond acceptors (Lipinski definition) is 6. The number of nitrogens with one attached hydrogen (secondary N) is 1. The highest BCUT2D eigenvalue weighted by Gasteiger charge is 2.24. The van der Waals surface area contributed by atoms with Crippen molar-refractivity contribution in [1.29, 1.82) is 0 Å². The van der Waals surface area contributed by atoms with Gasteiger partial charge >= 0.3 is 0 Å². The lowest BCUT2D eigenvalue weighted by Crippen LogP contribution is -2.38. The summed E-state index contributed by atoms with van der Waals surface area (Å²) in [5.74, 6) is 1.91. The van der Waals surface area contributed by atoms with Gasteiger partial charge < -0.3 is 14.6 Å². The van der Waals surface area contributed by atoms with E-state index in [0.717, 1.165) is 72.1 Å². The first-order chi connectivity index (χ1) is 15.2. The molecule has 2 aromatic carbocycles. The van der Waals surface area contributed by atoms with Gasteiger partial charge in [0.05, 0.1) is 29.4 Å². The summed E-state index contributed by atoms with van der Waals surface area (Å²) in [5.41, 5.74) is 4.12. The van der Waals surface area contributed by atoms with E-state index in [4.69, 9.17) is 9.72 Å². The topological polar surface area (TPSA) is 68.1 Å². The Labute approximate surface area is 181 Å². The summed E-state index contributed by atoms with van der Waals surface area (Å²) >= 11 is 0. The molecule has 2 aromatic heterocycles. The number of imidazole rings is 1. The number of nitrogens with zero attached hydrogens (tertiary/aromatic N) is 5. The number of aryl methyl sites for hydroxylation is 1. The van der Waals surface area contributed by atoms with E-state index in [0.29, 0.717) is 6.10 Å². The summed E-state index contributed by atoms with van der Waals surface area (Å²) in [6, 6.07) is 14.6. The first-order valence-electron chi connectivity index (χ1n) is 11.1. The van der Waals surface area contributed by atoms with Crippen LogP contribution >= 0.6 is 0 Å². The summed E-state index contributed by atoms with van der Waals surface area (Å²) in [4.78, 5) is 7.44. The highest BCUT2D eigenvalue weighted by Crippen LogP contribution is 2.28. The maximum Gasteiger partial charge on any atom is 0.160 e. The average molecular weight is 415 g/mol. The Morgan fingerprint density at radius 3 is 2.87 bits per heavy atom. The largest absolute Gasteiger partial charge is 0.377 e. The quantitative estimate of drug-likeness (QED) is 0.544. The molecule has 31 heavy (non-hydrogen) atoms. The molecule has 0 aliphatic carbocycles. The Balaban J connectivity index is 1.27. The second kappa shape index (κ2) is 7.59. The van der Waals surface area contributed by atoms with Crippen LogP contribution in [0.1, 0.15) is 24.4 Å². The van der Waals surface area contributed by atoms with Crippen molar-refractivity contribution >= 4 is 33.3 Å². The van der Waals surface area contributed by atoms with E-state index in [9.17, 15) is 0 Å². The van der Waals surface area contributed by atoms with Gasteiger partial charge in [0.25, 0.3) is 0 Å². The van der Waals surface area contributed by atoms with E-state index in [1.54, 1.807) is 0 Å². The van der Waals surface area contributed by atoms with Crippen molar-refractivity contribution in [3.05, 3.63) is 54.0 Å². The highest BCUT2D eigenvalue weighted by atomic mass is 16.5. The van der Waals surface area contributed by atoms with Gasteiger partial charge in [-0.15, -0.1) is 5.10 Å². The van der Waals surface area contributed by atoms with Gasteiger partial charge in [-0.3, -0.25) is 4.90 Å². The van der Waals surface area contributed by atoms with Crippen molar-refractivity contribution < 1.29 is 4.74 Å². The molecule has 0 amide bonds. The van der Waals surface area contributed by atoms with Crippen LogP contribution < -0.4 is 5.32 Å². The normalized spacial score (nSPS) is 19.2. The van der Waals surface area contributed by atoms with Gasteiger partial charge in [-0.1, -0.05) is 24.3 Å². The van der Waals surface area contributed by atoms with Crippen molar-refractivity contribution in [3.8, 4) is 0 Å². The Hall–Kier alpha value is -3.03. The molecule has 7 heteroatoms. The predicted octanol–water partition coefficient (Wildman–Crippen LogP) is 4.03. The van der Waals surface area contributed by atoms with Crippen molar-refractivity contribution in [2.75, 3.05) is 25.0 Å².